The molecule has 6 aromatic carbocycles. The van der Waals surface area contributed by atoms with Gasteiger partial charge in [0, 0.05) is 50.8 Å². The standard InChI is InChI=1S/C45H27N5/c1-2-10-34-32(8-1)26-38(36-12-4-3-11-35(34)36)41-24-22-30-18-17-29-21-23-39(47-43(29)44(30)48-41)28-15-19-31(20-16-28)45-49-40-14-6-5-13-37(40)42(50-45)33-9-7-25-46-27-33/h1-27H. The van der Waals surface area contributed by atoms with Crippen LogP contribution >= 0.6 is 0 Å². The lowest BCUT2D eigenvalue weighted by atomic mass is 9.95. The summed E-state index contributed by atoms with van der Waals surface area (Å²) in [6.45, 7) is 0. The molecule has 50 heavy (non-hydrogen) atoms. The van der Waals surface area contributed by atoms with Crippen molar-refractivity contribution in [1.82, 2.24) is 24.9 Å². The number of pyridine rings is 3. The minimum absolute atomic E-state index is 0.671. The van der Waals surface area contributed by atoms with Crippen molar-refractivity contribution in [3.05, 3.63) is 164 Å². The number of benzene rings is 6. The molecule has 0 atom stereocenters. The lowest BCUT2D eigenvalue weighted by molar-refractivity contribution is 1.22. The average molecular weight is 638 g/mol. The van der Waals surface area contributed by atoms with E-state index in [2.05, 4.69) is 126 Å². The predicted octanol–water partition coefficient (Wildman–Crippen LogP) is 11.1. The van der Waals surface area contributed by atoms with E-state index in [9.17, 15) is 0 Å². The van der Waals surface area contributed by atoms with Crippen LogP contribution in [0.25, 0.3) is 99.4 Å². The van der Waals surface area contributed by atoms with Crippen LogP contribution in [0.2, 0.25) is 0 Å². The summed E-state index contributed by atoms with van der Waals surface area (Å²) in [5, 5.41) is 7.98. The third-order valence-corrected chi connectivity index (χ3v) is 9.54. The fraction of sp³-hybridized carbons (Fsp3) is 0. The quantitative estimate of drug-likeness (QED) is 0.180. The van der Waals surface area contributed by atoms with Crippen LogP contribution in [0.1, 0.15) is 0 Å². The monoisotopic (exact) mass is 637 g/mol. The first-order valence-corrected chi connectivity index (χ1v) is 16.7. The van der Waals surface area contributed by atoms with E-state index in [0.29, 0.717) is 5.82 Å². The fourth-order valence-electron chi connectivity index (χ4n) is 7.06. The summed E-state index contributed by atoms with van der Waals surface area (Å²) >= 11 is 0. The number of nitrogens with zero attached hydrogens (tertiary/aromatic N) is 5. The van der Waals surface area contributed by atoms with Crippen molar-refractivity contribution < 1.29 is 0 Å². The molecule has 0 aliphatic rings. The van der Waals surface area contributed by atoms with Gasteiger partial charge in [0.25, 0.3) is 0 Å². The Labute approximate surface area is 287 Å². The predicted molar refractivity (Wildman–Crippen MR) is 205 cm³/mol. The van der Waals surface area contributed by atoms with Gasteiger partial charge in [0.15, 0.2) is 5.82 Å². The number of hydrogen-bond acceptors (Lipinski definition) is 5. The first kappa shape index (κ1) is 28.2. The SMILES string of the molecule is c1cncc(-c2nc(-c3ccc(-c4ccc5ccc6ccc(-c7cc8ccccc8c8ccccc78)nc6c5n4)cc3)nc3ccccc23)c1. The summed E-state index contributed by atoms with van der Waals surface area (Å²) in [6.07, 6.45) is 3.62. The Morgan fingerprint density at radius 3 is 1.80 bits per heavy atom. The van der Waals surface area contributed by atoms with Gasteiger partial charge in [-0.1, -0.05) is 115 Å². The fourth-order valence-corrected chi connectivity index (χ4v) is 7.06. The van der Waals surface area contributed by atoms with Gasteiger partial charge in [-0.25, -0.2) is 19.9 Å². The molecule has 4 aromatic heterocycles. The Kier molecular flexibility index (Phi) is 6.42. The van der Waals surface area contributed by atoms with Crippen molar-refractivity contribution >= 4 is 54.3 Å². The van der Waals surface area contributed by atoms with E-state index in [1.54, 1.807) is 6.20 Å². The van der Waals surface area contributed by atoms with Gasteiger partial charge < -0.3 is 0 Å². The minimum atomic E-state index is 0.671. The van der Waals surface area contributed by atoms with Crippen molar-refractivity contribution in [2.45, 2.75) is 0 Å². The molecule has 5 heteroatoms. The van der Waals surface area contributed by atoms with E-state index in [4.69, 9.17) is 19.9 Å². The summed E-state index contributed by atoms with van der Waals surface area (Å²) in [4.78, 5) is 24.8. The molecule has 10 rings (SSSR count). The third-order valence-electron chi connectivity index (χ3n) is 9.54. The van der Waals surface area contributed by atoms with Gasteiger partial charge in [0.1, 0.15) is 0 Å². The molecule has 0 saturated heterocycles. The molecule has 5 nitrogen and oxygen atoms in total. The smallest absolute Gasteiger partial charge is 0.160 e. The summed E-state index contributed by atoms with van der Waals surface area (Å²) < 4.78 is 0. The van der Waals surface area contributed by atoms with Gasteiger partial charge in [0.05, 0.1) is 33.6 Å². The molecule has 0 radical (unpaired) electrons. The van der Waals surface area contributed by atoms with Crippen molar-refractivity contribution in [3.8, 4) is 45.2 Å². The topological polar surface area (TPSA) is 64.5 Å². The van der Waals surface area contributed by atoms with Gasteiger partial charge in [-0.05, 0) is 57.9 Å². The van der Waals surface area contributed by atoms with Crippen LogP contribution in [-0.4, -0.2) is 24.9 Å². The minimum Gasteiger partial charge on any atom is -0.264 e. The normalized spacial score (nSPS) is 11.6. The van der Waals surface area contributed by atoms with Crippen LogP contribution in [0, 0.1) is 0 Å². The number of aromatic nitrogens is 5. The lowest BCUT2D eigenvalue weighted by Gasteiger charge is -2.12. The second-order valence-electron chi connectivity index (χ2n) is 12.5. The Morgan fingerprint density at radius 2 is 1.02 bits per heavy atom. The van der Waals surface area contributed by atoms with E-state index in [0.717, 1.165) is 72.0 Å². The maximum atomic E-state index is 5.29. The highest BCUT2D eigenvalue weighted by Gasteiger charge is 2.14. The van der Waals surface area contributed by atoms with Crippen molar-refractivity contribution in [2.75, 3.05) is 0 Å². The molecule has 0 aliphatic carbocycles. The molecule has 0 N–H and O–H groups in total. The molecule has 0 aliphatic heterocycles. The Morgan fingerprint density at radius 1 is 0.380 bits per heavy atom. The Bertz CT molecular complexity index is 2920. The molecule has 232 valence electrons. The maximum absolute atomic E-state index is 5.29. The molecule has 0 fully saturated rings. The molecule has 10 aromatic rings. The van der Waals surface area contributed by atoms with E-state index in [1.807, 2.05) is 36.5 Å². The van der Waals surface area contributed by atoms with E-state index < -0.39 is 0 Å². The number of para-hydroxylation sites is 1. The van der Waals surface area contributed by atoms with Crippen molar-refractivity contribution in [3.63, 3.8) is 0 Å². The highest BCUT2D eigenvalue weighted by molar-refractivity contribution is 6.14. The second kappa shape index (κ2) is 11.4. The zero-order valence-electron chi connectivity index (χ0n) is 26.8. The van der Waals surface area contributed by atoms with Gasteiger partial charge in [-0.3, -0.25) is 4.98 Å². The summed E-state index contributed by atoms with van der Waals surface area (Å²) in [6, 6.07) is 52.6. The van der Waals surface area contributed by atoms with E-state index >= 15 is 0 Å². The molecule has 0 saturated carbocycles. The van der Waals surface area contributed by atoms with Gasteiger partial charge in [-0.2, -0.15) is 0 Å². The lowest BCUT2D eigenvalue weighted by Crippen LogP contribution is -1.95. The Balaban J connectivity index is 1.07. The molecular weight excluding hydrogens is 611 g/mol. The first-order valence-electron chi connectivity index (χ1n) is 16.7. The van der Waals surface area contributed by atoms with E-state index in [1.165, 1.54) is 21.5 Å². The molecule has 0 spiro atoms. The molecular formula is C45H27N5. The number of fused-ring (bicyclic) bond motifs is 7. The zero-order valence-corrected chi connectivity index (χ0v) is 26.8. The zero-order chi connectivity index (χ0) is 33.0. The third kappa shape index (κ3) is 4.67. The summed E-state index contributed by atoms with van der Waals surface area (Å²) in [7, 11) is 0. The largest absolute Gasteiger partial charge is 0.264 e. The maximum Gasteiger partial charge on any atom is 0.160 e. The molecule has 0 unspecified atom stereocenters. The van der Waals surface area contributed by atoms with Crippen LogP contribution < -0.4 is 0 Å². The van der Waals surface area contributed by atoms with E-state index in [-0.39, 0.29) is 0 Å². The first-order chi connectivity index (χ1) is 24.8. The van der Waals surface area contributed by atoms with Crippen molar-refractivity contribution in [1.29, 1.82) is 0 Å². The van der Waals surface area contributed by atoms with Crippen LogP contribution in [0.5, 0.6) is 0 Å². The summed E-state index contributed by atoms with van der Waals surface area (Å²) in [5.74, 6) is 0.671. The van der Waals surface area contributed by atoms with Crippen LogP contribution in [0.4, 0.5) is 0 Å². The van der Waals surface area contributed by atoms with Gasteiger partial charge in [-0.15, -0.1) is 0 Å². The highest BCUT2D eigenvalue weighted by Crippen LogP contribution is 2.36. The van der Waals surface area contributed by atoms with Gasteiger partial charge >= 0.3 is 0 Å². The van der Waals surface area contributed by atoms with Crippen LogP contribution in [-0.2, 0) is 0 Å². The van der Waals surface area contributed by atoms with Crippen LogP contribution in [0.3, 0.4) is 0 Å². The molecule has 4 heterocycles. The Hall–Kier alpha value is -6.85. The highest BCUT2D eigenvalue weighted by atomic mass is 14.9. The molecule has 0 amide bonds. The number of rotatable bonds is 4. The second-order valence-corrected chi connectivity index (χ2v) is 12.5. The van der Waals surface area contributed by atoms with Gasteiger partial charge in [0.2, 0.25) is 0 Å². The average Bonchev–Trinajstić information content (AvgIpc) is 3.20. The van der Waals surface area contributed by atoms with Crippen LogP contribution in [0.15, 0.2) is 164 Å². The molecule has 0 bridgehead atoms. The van der Waals surface area contributed by atoms with Crippen molar-refractivity contribution in [2.24, 2.45) is 0 Å². The number of hydrogen-bond donors (Lipinski definition) is 0. The summed E-state index contributed by atoms with van der Waals surface area (Å²) in [5.41, 5.74) is 9.39.